The Hall–Kier alpha value is -3.34. The highest BCUT2D eigenvalue weighted by atomic mass is 79.9. The summed E-state index contributed by atoms with van der Waals surface area (Å²) in [5, 5.41) is 60.5. The molecule has 0 spiro atoms. The minimum atomic E-state index is -3.03. The Bertz CT molecular complexity index is 1210. The van der Waals surface area contributed by atoms with Crippen LogP contribution in [0.3, 0.4) is 0 Å². The number of ether oxygens (including phenoxy) is 2. The first-order valence-electron chi connectivity index (χ1n) is 8.21. The number of phenols is 4. The summed E-state index contributed by atoms with van der Waals surface area (Å²) in [6.45, 7) is -1.09. The highest BCUT2D eigenvalue weighted by Crippen LogP contribution is 2.55. The van der Waals surface area contributed by atoms with E-state index in [1.54, 1.807) is 0 Å². The quantitative estimate of drug-likeness (QED) is 0.111. The summed E-state index contributed by atoms with van der Waals surface area (Å²) in [5.74, 6) is -7.93. The molecule has 2 heterocycles. The number of nitrogens with two attached hydrogens (primary N) is 1. The molecule has 0 radical (unpaired) electrons. The maximum Gasteiger partial charge on any atom is 0.360 e. The van der Waals surface area contributed by atoms with Gasteiger partial charge in [-0.2, -0.15) is 4.98 Å². The van der Waals surface area contributed by atoms with Crippen molar-refractivity contribution in [2.75, 3.05) is 12.3 Å². The van der Waals surface area contributed by atoms with Crippen LogP contribution in [0.2, 0.25) is 0 Å². The van der Waals surface area contributed by atoms with Gasteiger partial charge in [-0.05, 0) is 31.9 Å². The highest BCUT2D eigenvalue weighted by Gasteiger charge is 2.32. The van der Waals surface area contributed by atoms with E-state index >= 15 is 0 Å². The Morgan fingerprint density at radius 3 is 2.12 bits per heavy atom. The number of hydrogen-bond donors (Lipinski definition) is 8. The molecule has 14 nitrogen and oxygen atoms in total. The predicted molar refractivity (Wildman–Crippen MR) is 112 cm³/mol. The van der Waals surface area contributed by atoms with Crippen molar-refractivity contribution in [2.24, 2.45) is 0 Å². The first-order valence-corrected chi connectivity index (χ1v) is 9.79. The third-order valence-electron chi connectivity index (χ3n) is 3.76. The van der Waals surface area contributed by atoms with E-state index in [0.717, 1.165) is 0 Å². The molecular weight excluding hydrogens is 566 g/mol. The molecule has 3 rings (SSSR count). The molecule has 0 aliphatic heterocycles. The third-order valence-corrected chi connectivity index (χ3v) is 4.92. The summed E-state index contributed by atoms with van der Waals surface area (Å²) >= 11 is 5.87. The Labute approximate surface area is 193 Å². The maximum atomic E-state index is 11.8. The fourth-order valence-electron chi connectivity index (χ4n) is 2.41. The number of halogens is 2. The van der Waals surface area contributed by atoms with Crippen LogP contribution in [0, 0.1) is 0 Å². The van der Waals surface area contributed by atoms with Crippen molar-refractivity contribution in [3.63, 3.8) is 0 Å². The number of nitrogen functional groups attached to an aromatic ring is 1. The molecule has 3 aromatic rings. The number of rotatable bonds is 6. The van der Waals surface area contributed by atoms with Gasteiger partial charge in [-0.25, -0.2) is 14.8 Å². The molecule has 0 aliphatic rings. The molecule has 2 aromatic heterocycles. The van der Waals surface area contributed by atoms with Crippen LogP contribution in [0.15, 0.2) is 26.1 Å². The number of H-pyrrole nitrogens is 1. The number of anilines is 1. The average Bonchev–Trinajstić information content (AvgIpc) is 2.72. The van der Waals surface area contributed by atoms with Crippen LogP contribution in [0.4, 0.5) is 5.82 Å². The molecule has 0 fully saturated rings. The van der Waals surface area contributed by atoms with Gasteiger partial charge in [0.1, 0.15) is 10.3 Å². The lowest BCUT2D eigenvalue weighted by molar-refractivity contribution is -0.306. The van der Waals surface area contributed by atoms with E-state index in [0.29, 0.717) is 4.47 Å². The summed E-state index contributed by atoms with van der Waals surface area (Å²) in [7, 11) is 0. The minimum absolute atomic E-state index is 0.428. The van der Waals surface area contributed by atoms with Crippen molar-refractivity contribution in [3.05, 3.63) is 31.8 Å². The second kappa shape index (κ2) is 8.65. The van der Waals surface area contributed by atoms with Gasteiger partial charge < -0.3 is 45.8 Å². The fourth-order valence-corrected chi connectivity index (χ4v) is 2.99. The first-order chi connectivity index (χ1) is 14.9. The largest absolute Gasteiger partial charge is 0.504 e. The molecule has 1 aromatic carbocycles. The van der Waals surface area contributed by atoms with E-state index in [-0.39, 0.29) is 0 Å². The molecule has 0 atom stereocenters. The Morgan fingerprint density at radius 1 is 1.00 bits per heavy atom. The number of aromatic nitrogens is 4. The molecule has 32 heavy (non-hydrogen) atoms. The molecule has 0 amide bonds. The van der Waals surface area contributed by atoms with Crippen LogP contribution in [-0.2, 0) is 0 Å². The van der Waals surface area contributed by atoms with E-state index in [1.807, 2.05) is 0 Å². The van der Waals surface area contributed by atoms with E-state index in [9.17, 15) is 35.4 Å². The van der Waals surface area contributed by atoms with Gasteiger partial charge in [-0.1, -0.05) is 0 Å². The molecule has 0 bridgehead atoms. The lowest BCUT2D eigenvalue weighted by atomic mass is 10.0. The minimum Gasteiger partial charge on any atom is -0.504 e. The van der Waals surface area contributed by atoms with Crippen LogP contribution in [-0.4, -0.2) is 63.2 Å². The lowest BCUT2D eigenvalue weighted by Crippen LogP contribution is -2.42. The van der Waals surface area contributed by atoms with Gasteiger partial charge in [-0.15, -0.1) is 0 Å². The zero-order valence-corrected chi connectivity index (χ0v) is 18.6. The van der Waals surface area contributed by atoms with Crippen LogP contribution in [0.5, 0.6) is 34.9 Å². The topological polar surface area (TPSA) is 237 Å². The Balaban J connectivity index is 2.01. The van der Waals surface area contributed by atoms with E-state index in [4.69, 9.17) is 15.2 Å². The number of aromatic amines is 1. The maximum absolute atomic E-state index is 11.8. The van der Waals surface area contributed by atoms with E-state index in [2.05, 4.69) is 51.8 Å². The Morgan fingerprint density at radius 2 is 1.56 bits per heavy atom. The number of benzene rings is 1. The highest BCUT2D eigenvalue weighted by molar-refractivity contribution is 9.11. The smallest absolute Gasteiger partial charge is 0.360 e. The zero-order chi connectivity index (χ0) is 23.8. The number of hydrogen-bond acceptors (Lipinski definition) is 13. The van der Waals surface area contributed by atoms with E-state index < -0.39 is 74.6 Å². The average molecular weight is 579 g/mol. The molecular formula is C16H13Br2N5O9. The van der Waals surface area contributed by atoms with Crippen molar-refractivity contribution >= 4 is 37.7 Å². The van der Waals surface area contributed by atoms with Crippen LogP contribution in [0.25, 0.3) is 11.1 Å². The van der Waals surface area contributed by atoms with Gasteiger partial charge in [0, 0.05) is 12.4 Å². The van der Waals surface area contributed by atoms with Gasteiger partial charge in [0.2, 0.25) is 5.88 Å². The van der Waals surface area contributed by atoms with Crippen molar-refractivity contribution in [2.45, 2.75) is 5.97 Å². The van der Waals surface area contributed by atoms with Crippen molar-refractivity contribution < 1.29 is 40.1 Å². The van der Waals surface area contributed by atoms with Crippen LogP contribution in [0.1, 0.15) is 0 Å². The van der Waals surface area contributed by atoms with Gasteiger partial charge in [0.05, 0.1) is 15.6 Å². The lowest BCUT2D eigenvalue weighted by Gasteiger charge is -2.22. The van der Waals surface area contributed by atoms with Gasteiger partial charge in [-0.3, -0.25) is 4.98 Å². The number of phenolic OH excluding ortho intramolecular Hbond substituents is 4. The predicted octanol–water partition coefficient (Wildman–Crippen LogP) is 0.253. The van der Waals surface area contributed by atoms with E-state index in [1.165, 1.54) is 12.4 Å². The standard InChI is InChI=1S/C16H13Br2N5O9/c17-4-1-20-15(21-2-4)32-16(29,30)3-31-13-6(12(19)22-14(28)23-13)5-8(24)10(26)7(18)11(27)9(5)25/h1-2,24-27,29-30H,3H2,(H3,19,22,23,28). The summed E-state index contributed by atoms with van der Waals surface area (Å²) < 4.78 is 10.0. The number of nitrogens with zero attached hydrogens (tertiary/aromatic N) is 3. The number of aliphatic hydroxyl groups is 2. The number of nitrogens with one attached hydrogen (secondary N) is 1. The summed E-state index contributed by atoms with van der Waals surface area (Å²) in [4.78, 5) is 24.7. The fraction of sp³-hybridized carbons (Fsp3) is 0.125. The molecule has 9 N–H and O–H groups in total. The second-order valence-electron chi connectivity index (χ2n) is 6.04. The number of aromatic hydroxyl groups is 4. The van der Waals surface area contributed by atoms with Gasteiger partial charge in [0.25, 0.3) is 0 Å². The molecule has 16 heteroatoms. The summed E-state index contributed by atoms with van der Waals surface area (Å²) in [6, 6.07) is -0.432. The van der Waals surface area contributed by atoms with Crippen LogP contribution >= 0.6 is 31.9 Å². The third kappa shape index (κ3) is 4.62. The summed E-state index contributed by atoms with van der Waals surface area (Å²) in [5.41, 5.74) is 3.56. The molecule has 0 saturated carbocycles. The monoisotopic (exact) mass is 577 g/mol. The van der Waals surface area contributed by atoms with Gasteiger partial charge in [0.15, 0.2) is 29.6 Å². The molecule has 0 saturated heterocycles. The second-order valence-corrected chi connectivity index (χ2v) is 7.75. The van der Waals surface area contributed by atoms with Crippen molar-refractivity contribution in [1.29, 1.82) is 0 Å². The molecule has 0 aliphatic carbocycles. The SMILES string of the molecule is Nc1[nH]c(=O)nc(OCC(O)(O)Oc2ncc(Br)cn2)c1-c1c(O)c(O)c(Br)c(O)c1O. The van der Waals surface area contributed by atoms with Crippen LogP contribution < -0.4 is 20.9 Å². The zero-order valence-electron chi connectivity index (χ0n) is 15.4. The summed E-state index contributed by atoms with van der Waals surface area (Å²) in [6.07, 6.45) is 2.54. The Kier molecular flexibility index (Phi) is 6.31. The first kappa shape index (κ1) is 23.3. The van der Waals surface area contributed by atoms with Crippen molar-refractivity contribution in [1.82, 2.24) is 19.9 Å². The van der Waals surface area contributed by atoms with Gasteiger partial charge >= 0.3 is 17.7 Å². The van der Waals surface area contributed by atoms with Crippen molar-refractivity contribution in [3.8, 4) is 46.0 Å². The molecule has 170 valence electrons. The normalized spacial score (nSPS) is 11.4. The molecule has 0 unspecified atom stereocenters.